The Hall–Kier alpha value is -4.03. The van der Waals surface area contributed by atoms with Crippen LogP contribution in [-0.2, 0) is 16.1 Å². The third-order valence-electron chi connectivity index (χ3n) is 5.36. The van der Waals surface area contributed by atoms with Crippen molar-refractivity contribution in [3.63, 3.8) is 0 Å². The molecular formula is C21H19FN6O5. The maximum atomic E-state index is 15.0. The maximum Gasteiger partial charge on any atom is 0.414 e. The van der Waals surface area contributed by atoms with Crippen LogP contribution in [0.2, 0.25) is 0 Å². The predicted molar refractivity (Wildman–Crippen MR) is 112 cm³/mol. The number of halogens is 1. The number of rotatable bonds is 6. The molecule has 2 aliphatic rings. The number of hydrogen-bond acceptors (Lipinski definition) is 8. The van der Waals surface area contributed by atoms with Gasteiger partial charge in [-0.05, 0) is 30.3 Å². The van der Waals surface area contributed by atoms with E-state index in [2.05, 4.69) is 15.8 Å². The molecule has 170 valence electrons. The number of nitrogens with zero attached hydrogens (tertiary/aromatic N) is 5. The van der Waals surface area contributed by atoms with Crippen LogP contribution in [0.15, 0.2) is 55.0 Å². The number of pyridine rings is 1. The van der Waals surface area contributed by atoms with Crippen molar-refractivity contribution >= 4 is 17.5 Å². The normalized spacial score (nSPS) is 20.0. The van der Waals surface area contributed by atoms with Gasteiger partial charge in [-0.1, -0.05) is 5.21 Å². The second kappa shape index (κ2) is 8.48. The number of amides is 1. The van der Waals surface area contributed by atoms with Gasteiger partial charge in [0.15, 0.2) is 6.20 Å². The maximum absolute atomic E-state index is 15.0. The first kappa shape index (κ1) is 20.8. The highest BCUT2D eigenvalue weighted by Crippen LogP contribution is 2.29. The van der Waals surface area contributed by atoms with Gasteiger partial charge in [0.05, 0.1) is 31.6 Å². The van der Waals surface area contributed by atoms with Crippen molar-refractivity contribution in [2.24, 2.45) is 0 Å². The van der Waals surface area contributed by atoms with Gasteiger partial charge in [-0.2, -0.15) is 4.73 Å². The van der Waals surface area contributed by atoms with Crippen molar-refractivity contribution in [3.05, 3.63) is 71.7 Å². The van der Waals surface area contributed by atoms with Crippen LogP contribution in [0.3, 0.4) is 0 Å². The zero-order valence-corrected chi connectivity index (χ0v) is 17.2. The molecule has 2 aromatic heterocycles. The number of hydroxylamine groups is 1. The van der Waals surface area contributed by atoms with Crippen LogP contribution < -0.4 is 15.1 Å². The van der Waals surface area contributed by atoms with Crippen molar-refractivity contribution in [3.8, 4) is 11.1 Å². The predicted octanol–water partition coefficient (Wildman–Crippen LogP) is 0.980. The zero-order chi connectivity index (χ0) is 22.9. The van der Waals surface area contributed by atoms with Gasteiger partial charge in [-0.15, -0.1) is 5.10 Å². The van der Waals surface area contributed by atoms with Crippen molar-refractivity contribution < 1.29 is 28.6 Å². The van der Waals surface area contributed by atoms with E-state index in [4.69, 9.17) is 14.7 Å². The molecular weight excluding hydrogens is 435 g/mol. The van der Waals surface area contributed by atoms with Crippen LogP contribution in [-0.4, -0.2) is 51.6 Å². The fourth-order valence-corrected chi connectivity index (χ4v) is 3.74. The number of aromatic nitrogens is 4. The Balaban J connectivity index is 1.34. The molecule has 3 aromatic rings. The number of hydrogen-bond donors (Lipinski definition) is 2. The number of carbonyl (C=O) groups is 1. The lowest BCUT2D eigenvalue weighted by atomic mass is 10.1. The summed E-state index contributed by atoms with van der Waals surface area (Å²) in [5, 5.41) is 29.2. The highest BCUT2D eigenvalue weighted by molar-refractivity contribution is 5.90. The molecule has 0 aliphatic carbocycles. The van der Waals surface area contributed by atoms with E-state index < -0.39 is 24.1 Å². The Morgan fingerprint density at radius 2 is 2.21 bits per heavy atom. The topological polar surface area (TPSA) is 129 Å². The number of anilines is 1. The molecule has 12 heteroatoms. The number of nitrogens with one attached hydrogen (secondary N) is 1. The lowest BCUT2D eigenvalue weighted by Gasteiger charge is -2.14. The number of ether oxygens (including phenoxy) is 1. The van der Waals surface area contributed by atoms with Crippen LogP contribution in [0.1, 0.15) is 5.69 Å². The van der Waals surface area contributed by atoms with Gasteiger partial charge in [0.2, 0.25) is 5.69 Å². The Morgan fingerprint density at radius 1 is 1.33 bits per heavy atom. The molecule has 0 spiro atoms. The van der Waals surface area contributed by atoms with Gasteiger partial charge in [0.1, 0.15) is 23.7 Å². The molecule has 0 radical (unpaired) electrons. The average Bonchev–Trinajstić information content (AvgIpc) is 3.55. The first-order chi connectivity index (χ1) is 16.0. The molecule has 1 aromatic carbocycles. The monoisotopic (exact) mass is 454 g/mol. The third-order valence-corrected chi connectivity index (χ3v) is 5.36. The molecule has 5 rings (SSSR count). The molecule has 0 saturated carbocycles. The fraction of sp³-hybridized carbons (Fsp3) is 0.238. The summed E-state index contributed by atoms with van der Waals surface area (Å²) in [6.45, 7) is 0.358. The molecule has 1 saturated heterocycles. The molecule has 2 aliphatic heterocycles. The van der Waals surface area contributed by atoms with E-state index in [0.717, 1.165) is 0 Å². The van der Waals surface area contributed by atoms with E-state index in [1.54, 1.807) is 29.1 Å². The van der Waals surface area contributed by atoms with Crippen LogP contribution in [0, 0.1) is 11.0 Å². The van der Waals surface area contributed by atoms with Crippen molar-refractivity contribution in [2.75, 3.05) is 18.1 Å². The molecule has 2 atom stereocenters. The summed E-state index contributed by atoms with van der Waals surface area (Å²) < 4.78 is 22.5. The summed E-state index contributed by atoms with van der Waals surface area (Å²) in [7, 11) is 0. The van der Waals surface area contributed by atoms with Crippen LogP contribution >= 0.6 is 0 Å². The minimum absolute atomic E-state index is 0.208. The minimum atomic E-state index is -0.588. The lowest BCUT2D eigenvalue weighted by Crippen LogP contribution is -2.32. The van der Waals surface area contributed by atoms with E-state index >= 15 is 0 Å². The standard InChI is InChI=1S/C21H19FN6O5/c22-18-7-14(27-11-16(32-21(27)30)10-26-6-5-23-25-26)2-3-17(18)13-1-4-20(28(31)9-13)19-8-15(12-29)33-24-19/h1-9,15-16,24,29H,10-12H2/t15?,16-/m0/s1. The first-order valence-corrected chi connectivity index (χ1v) is 10.1. The van der Waals surface area contributed by atoms with E-state index in [-0.39, 0.29) is 24.4 Å². The second-order valence-corrected chi connectivity index (χ2v) is 7.56. The Bertz CT molecular complexity index is 1220. The molecule has 1 unspecified atom stereocenters. The largest absolute Gasteiger partial charge is 0.618 e. The van der Waals surface area contributed by atoms with Gasteiger partial charge < -0.3 is 15.1 Å². The molecule has 1 fully saturated rings. The number of carbonyl (C=O) groups excluding carboxylic acids is 1. The Kier molecular flexibility index (Phi) is 5.36. The van der Waals surface area contributed by atoms with Crippen LogP contribution in [0.5, 0.6) is 0 Å². The smallest absolute Gasteiger partial charge is 0.414 e. The van der Waals surface area contributed by atoms with Gasteiger partial charge in [-0.3, -0.25) is 15.2 Å². The van der Waals surface area contributed by atoms with Crippen molar-refractivity contribution in [2.45, 2.75) is 18.8 Å². The van der Waals surface area contributed by atoms with E-state index in [1.807, 2.05) is 0 Å². The van der Waals surface area contributed by atoms with Gasteiger partial charge in [0.25, 0.3) is 0 Å². The second-order valence-electron chi connectivity index (χ2n) is 7.56. The number of benzene rings is 1. The quantitative estimate of drug-likeness (QED) is 0.417. The summed E-state index contributed by atoms with van der Waals surface area (Å²) in [5.74, 6) is -0.588. The molecule has 33 heavy (non-hydrogen) atoms. The van der Waals surface area contributed by atoms with E-state index in [9.17, 15) is 14.4 Å². The number of aliphatic hydroxyl groups excluding tert-OH is 1. The number of cyclic esters (lactones) is 1. The number of aliphatic hydroxyl groups is 1. The van der Waals surface area contributed by atoms with Crippen LogP contribution in [0.4, 0.5) is 14.9 Å². The van der Waals surface area contributed by atoms with Crippen molar-refractivity contribution in [1.29, 1.82) is 0 Å². The summed E-state index contributed by atoms with van der Waals surface area (Å²) in [5.41, 5.74) is 4.20. The Labute approximate surface area is 186 Å². The summed E-state index contributed by atoms with van der Waals surface area (Å²) in [6.07, 6.45) is 4.47. The van der Waals surface area contributed by atoms with Crippen molar-refractivity contribution in [1.82, 2.24) is 20.5 Å². The minimum Gasteiger partial charge on any atom is -0.618 e. The molecule has 4 heterocycles. The highest BCUT2D eigenvalue weighted by Gasteiger charge is 2.33. The summed E-state index contributed by atoms with van der Waals surface area (Å²) >= 11 is 0. The van der Waals surface area contributed by atoms with Crippen LogP contribution in [0.25, 0.3) is 16.8 Å². The van der Waals surface area contributed by atoms with Gasteiger partial charge in [-0.25, -0.2) is 13.9 Å². The third kappa shape index (κ3) is 4.08. The lowest BCUT2D eigenvalue weighted by molar-refractivity contribution is -0.607. The van der Waals surface area contributed by atoms with E-state index in [1.165, 1.54) is 35.5 Å². The SMILES string of the molecule is O=C1O[C@@H](Cn2ccnn2)CN1c1ccc(-c2ccc(C3=CC(CO)ON3)[n+]([O-])c2)c(F)c1. The molecule has 1 amide bonds. The summed E-state index contributed by atoms with van der Waals surface area (Å²) in [6, 6.07) is 7.48. The highest BCUT2D eigenvalue weighted by atomic mass is 19.1. The summed E-state index contributed by atoms with van der Waals surface area (Å²) in [4.78, 5) is 18.7. The first-order valence-electron chi connectivity index (χ1n) is 10.1. The molecule has 0 bridgehead atoms. The molecule has 2 N–H and O–H groups in total. The zero-order valence-electron chi connectivity index (χ0n) is 17.2. The molecule has 11 nitrogen and oxygen atoms in total. The van der Waals surface area contributed by atoms with Gasteiger partial charge in [0, 0.05) is 23.4 Å². The fourth-order valence-electron chi connectivity index (χ4n) is 3.74. The Morgan fingerprint density at radius 3 is 2.91 bits per heavy atom. The van der Waals surface area contributed by atoms with E-state index in [0.29, 0.717) is 28.2 Å². The van der Waals surface area contributed by atoms with Gasteiger partial charge >= 0.3 is 6.09 Å². The average molecular weight is 454 g/mol.